The molecule has 20 heavy (non-hydrogen) atoms. The summed E-state index contributed by atoms with van der Waals surface area (Å²) in [5.74, 6) is -5.86. The van der Waals surface area contributed by atoms with Crippen molar-refractivity contribution in [2.75, 3.05) is 13.2 Å². The van der Waals surface area contributed by atoms with Gasteiger partial charge in [0.25, 0.3) is 0 Å². The van der Waals surface area contributed by atoms with E-state index in [9.17, 15) is 23.5 Å². The van der Waals surface area contributed by atoms with Crippen molar-refractivity contribution < 1.29 is 33.0 Å². The molecule has 0 radical (unpaired) electrons. The summed E-state index contributed by atoms with van der Waals surface area (Å²) in [6.45, 7) is -0.580. The molecule has 1 fully saturated rings. The van der Waals surface area contributed by atoms with Gasteiger partial charge in [0.05, 0.1) is 5.92 Å². The van der Waals surface area contributed by atoms with E-state index in [-0.39, 0.29) is 12.5 Å². The van der Waals surface area contributed by atoms with Gasteiger partial charge in [-0.2, -0.15) is 8.78 Å². The van der Waals surface area contributed by atoms with Crippen LogP contribution in [0.15, 0.2) is 0 Å². The summed E-state index contributed by atoms with van der Waals surface area (Å²) >= 11 is 0. The molecule has 1 saturated carbocycles. The molecule has 1 aliphatic rings. The lowest BCUT2D eigenvalue weighted by atomic mass is 9.89. The van der Waals surface area contributed by atoms with Crippen molar-refractivity contribution in [2.45, 2.75) is 51.1 Å². The molecule has 0 heterocycles. The van der Waals surface area contributed by atoms with Crippen LogP contribution in [0.2, 0.25) is 0 Å². The van der Waals surface area contributed by atoms with Crippen LogP contribution in [0.5, 0.6) is 0 Å². The monoisotopic (exact) mass is 294 g/mol. The van der Waals surface area contributed by atoms with Crippen molar-refractivity contribution in [1.29, 1.82) is 0 Å². The van der Waals surface area contributed by atoms with Crippen LogP contribution in [-0.2, 0) is 19.1 Å². The molecule has 7 heteroatoms. The van der Waals surface area contributed by atoms with Crippen LogP contribution in [0.25, 0.3) is 0 Å². The average Bonchev–Trinajstić information content (AvgIpc) is 2.41. The van der Waals surface area contributed by atoms with Crippen LogP contribution < -0.4 is 0 Å². The standard InChI is InChI=1S/C13H20F2O5/c1-13(14,15)12(18)20-8-10(16)7-19-11(17)9-5-3-2-4-6-9/h9-10,16H,2-8H2,1H3. The number of ether oxygens (including phenoxy) is 2. The van der Waals surface area contributed by atoms with Crippen molar-refractivity contribution in [3.8, 4) is 0 Å². The van der Waals surface area contributed by atoms with Crippen LogP contribution >= 0.6 is 0 Å². The Balaban J connectivity index is 2.20. The fraction of sp³-hybridized carbons (Fsp3) is 0.846. The molecule has 0 spiro atoms. The highest BCUT2D eigenvalue weighted by Gasteiger charge is 2.34. The second-order valence-electron chi connectivity index (χ2n) is 5.11. The Bertz CT molecular complexity index is 334. The summed E-state index contributed by atoms with van der Waals surface area (Å²) < 4.78 is 34.1. The number of carbonyl (C=O) groups is 2. The van der Waals surface area contributed by atoms with Gasteiger partial charge in [-0.05, 0) is 12.8 Å². The number of carbonyl (C=O) groups excluding carboxylic acids is 2. The van der Waals surface area contributed by atoms with Gasteiger partial charge in [0, 0.05) is 6.92 Å². The molecule has 0 bridgehead atoms. The zero-order valence-corrected chi connectivity index (χ0v) is 11.4. The number of rotatable bonds is 6. The fourth-order valence-corrected chi connectivity index (χ4v) is 1.98. The molecule has 0 aromatic rings. The lowest BCUT2D eigenvalue weighted by Gasteiger charge is -2.21. The van der Waals surface area contributed by atoms with Gasteiger partial charge in [0.1, 0.15) is 19.3 Å². The smallest absolute Gasteiger partial charge is 0.376 e. The molecule has 1 N–H and O–H groups in total. The lowest BCUT2D eigenvalue weighted by Crippen LogP contribution is -2.32. The summed E-state index contributed by atoms with van der Waals surface area (Å²) in [4.78, 5) is 22.4. The number of aliphatic hydroxyl groups is 1. The Morgan fingerprint density at radius 3 is 2.30 bits per heavy atom. The third kappa shape index (κ3) is 5.81. The minimum absolute atomic E-state index is 0.154. The Hall–Kier alpha value is -1.24. The highest BCUT2D eigenvalue weighted by Crippen LogP contribution is 2.24. The summed E-state index contributed by atoms with van der Waals surface area (Å²) in [5, 5.41) is 9.41. The van der Waals surface area contributed by atoms with Crippen molar-refractivity contribution in [3.63, 3.8) is 0 Å². The predicted octanol–water partition coefficient (Wildman–Crippen LogP) is 1.67. The van der Waals surface area contributed by atoms with E-state index in [0.29, 0.717) is 6.92 Å². The minimum atomic E-state index is -3.60. The molecule has 0 aromatic heterocycles. The third-order valence-electron chi connectivity index (χ3n) is 3.12. The Morgan fingerprint density at radius 2 is 1.75 bits per heavy atom. The molecule has 0 saturated heterocycles. The van der Waals surface area contributed by atoms with E-state index in [2.05, 4.69) is 4.74 Å². The van der Waals surface area contributed by atoms with E-state index in [0.717, 1.165) is 32.1 Å². The molecular formula is C13H20F2O5. The summed E-state index contributed by atoms with van der Waals surface area (Å²) in [6.07, 6.45) is 3.30. The van der Waals surface area contributed by atoms with Crippen LogP contribution in [-0.4, -0.2) is 42.3 Å². The largest absolute Gasteiger partial charge is 0.463 e. The summed E-state index contributed by atoms with van der Waals surface area (Å²) in [5.41, 5.74) is 0. The fourth-order valence-electron chi connectivity index (χ4n) is 1.98. The van der Waals surface area contributed by atoms with Gasteiger partial charge >= 0.3 is 17.9 Å². The second-order valence-corrected chi connectivity index (χ2v) is 5.11. The molecule has 1 rings (SSSR count). The number of alkyl halides is 2. The molecule has 1 aliphatic carbocycles. The Morgan fingerprint density at radius 1 is 1.20 bits per heavy atom. The van der Waals surface area contributed by atoms with Gasteiger partial charge in [0.15, 0.2) is 0 Å². The van der Waals surface area contributed by atoms with Gasteiger partial charge < -0.3 is 14.6 Å². The van der Waals surface area contributed by atoms with Gasteiger partial charge in [0.2, 0.25) is 0 Å². The molecule has 0 aliphatic heterocycles. The quantitative estimate of drug-likeness (QED) is 0.754. The average molecular weight is 294 g/mol. The van der Waals surface area contributed by atoms with Crippen LogP contribution in [0.4, 0.5) is 8.78 Å². The lowest BCUT2D eigenvalue weighted by molar-refractivity contribution is -0.173. The Kier molecular flexibility index (Phi) is 6.32. The van der Waals surface area contributed by atoms with Gasteiger partial charge in [-0.3, -0.25) is 4.79 Å². The SMILES string of the molecule is CC(F)(F)C(=O)OCC(O)COC(=O)C1CCCCC1. The highest BCUT2D eigenvalue weighted by atomic mass is 19.3. The maximum atomic E-state index is 12.5. The van der Waals surface area contributed by atoms with Crippen molar-refractivity contribution in [1.82, 2.24) is 0 Å². The van der Waals surface area contributed by atoms with Crippen LogP contribution in [0.1, 0.15) is 39.0 Å². The number of hydrogen-bond acceptors (Lipinski definition) is 5. The molecule has 1 unspecified atom stereocenters. The first-order valence-corrected chi connectivity index (χ1v) is 6.70. The molecular weight excluding hydrogens is 274 g/mol. The number of aliphatic hydroxyl groups excluding tert-OH is 1. The first-order chi connectivity index (χ1) is 9.30. The first-order valence-electron chi connectivity index (χ1n) is 6.70. The van der Waals surface area contributed by atoms with E-state index < -0.39 is 30.6 Å². The van der Waals surface area contributed by atoms with Gasteiger partial charge in [-0.1, -0.05) is 19.3 Å². The van der Waals surface area contributed by atoms with Crippen molar-refractivity contribution >= 4 is 11.9 Å². The summed E-state index contributed by atoms with van der Waals surface area (Å²) in [7, 11) is 0. The van der Waals surface area contributed by atoms with E-state index in [1.807, 2.05) is 0 Å². The maximum absolute atomic E-state index is 12.5. The van der Waals surface area contributed by atoms with E-state index in [1.165, 1.54) is 0 Å². The van der Waals surface area contributed by atoms with E-state index >= 15 is 0 Å². The van der Waals surface area contributed by atoms with Gasteiger partial charge in [-0.25, -0.2) is 4.79 Å². The molecule has 0 aromatic carbocycles. The normalized spacial score (nSPS) is 18.4. The number of halogens is 2. The minimum Gasteiger partial charge on any atom is -0.463 e. The van der Waals surface area contributed by atoms with Crippen LogP contribution in [0, 0.1) is 5.92 Å². The maximum Gasteiger partial charge on any atom is 0.376 e. The molecule has 1 atom stereocenters. The molecule has 5 nitrogen and oxygen atoms in total. The number of hydrogen-bond donors (Lipinski definition) is 1. The van der Waals surface area contributed by atoms with E-state index in [1.54, 1.807) is 0 Å². The van der Waals surface area contributed by atoms with E-state index in [4.69, 9.17) is 4.74 Å². The second kappa shape index (κ2) is 7.52. The Labute approximate surface area is 116 Å². The zero-order chi connectivity index (χ0) is 15.2. The third-order valence-corrected chi connectivity index (χ3v) is 3.12. The first kappa shape index (κ1) is 16.8. The summed E-state index contributed by atoms with van der Waals surface area (Å²) in [6, 6.07) is 0. The molecule has 116 valence electrons. The zero-order valence-electron chi connectivity index (χ0n) is 11.4. The number of esters is 2. The topological polar surface area (TPSA) is 72.8 Å². The predicted molar refractivity (Wildman–Crippen MR) is 65.1 cm³/mol. The van der Waals surface area contributed by atoms with Crippen molar-refractivity contribution in [2.24, 2.45) is 5.92 Å². The van der Waals surface area contributed by atoms with Crippen molar-refractivity contribution in [3.05, 3.63) is 0 Å². The van der Waals surface area contributed by atoms with Crippen LogP contribution in [0.3, 0.4) is 0 Å². The molecule has 0 amide bonds. The van der Waals surface area contributed by atoms with Gasteiger partial charge in [-0.15, -0.1) is 0 Å². The highest BCUT2D eigenvalue weighted by molar-refractivity contribution is 5.76.